The fourth-order valence-corrected chi connectivity index (χ4v) is 4.14. The average molecular weight is 411 g/mol. The van der Waals surface area contributed by atoms with E-state index in [0.29, 0.717) is 5.75 Å². The third-order valence-electron chi connectivity index (χ3n) is 5.91. The molecule has 0 spiro atoms. The number of esters is 1. The third kappa shape index (κ3) is 9.60. The Labute approximate surface area is 174 Å². The fourth-order valence-electron chi connectivity index (χ4n) is 4.14. The molecule has 1 fully saturated rings. The van der Waals surface area contributed by atoms with Crippen molar-refractivity contribution in [3.8, 4) is 11.5 Å². The molecule has 2 rings (SSSR count). The summed E-state index contributed by atoms with van der Waals surface area (Å²) in [6.07, 6.45) is 16.0. The Morgan fingerprint density at radius 2 is 1.45 bits per heavy atom. The second-order valence-corrected chi connectivity index (χ2v) is 8.25. The van der Waals surface area contributed by atoms with Crippen LogP contribution in [0.5, 0.6) is 11.5 Å². The van der Waals surface area contributed by atoms with E-state index in [1.165, 1.54) is 82.1 Å². The SMILES string of the molecule is CCCCCCCCCC[C@H]1CC[C@H](C(=O)Oc2ccc(OC(F)F)cc2)CC1. The van der Waals surface area contributed by atoms with Crippen molar-refractivity contribution in [2.45, 2.75) is 97.0 Å². The van der Waals surface area contributed by atoms with E-state index < -0.39 is 6.61 Å². The zero-order valence-electron chi connectivity index (χ0n) is 17.7. The van der Waals surface area contributed by atoms with Crippen LogP contribution in [0.15, 0.2) is 24.3 Å². The topological polar surface area (TPSA) is 35.5 Å². The van der Waals surface area contributed by atoms with Crippen LogP contribution in [0.2, 0.25) is 0 Å². The minimum absolute atomic E-state index is 0.0539. The number of halogens is 2. The molecule has 0 unspecified atom stereocenters. The van der Waals surface area contributed by atoms with Gasteiger partial charge in [0.2, 0.25) is 0 Å². The molecule has 1 aliphatic carbocycles. The van der Waals surface area contributed by atoms with Crippen LogP contribution in [-0.4, -0.2) is 12.6 Å². The largest absolute Gasteiger partial charge is 0.435 e. The number of ether oxygens (including phenoxy) is 2. The summed E-state index contributed by atoms with van der Waals surface area (Å²) in [5, 5.41) is 0. The first-order chi connectivity index (χ1) is 14.1. The number of alkyl halides is 2. The zero-order chi connectivity index (χ0) is 20.9. The average Bonchev–Trinajstić information content (AvgIpc) is 2.71. The first-order valence-corrected chi connectivity index (χ1v) is 11.3. The smallest absolute Gasteiger partial charge is 0.387 e. The molecule has 0 bridgehead atoms. The van der Waals surface area contributed by atoms with Gasteiger partial charge in [-0.15, -0.1) is 0 Å². The van der Waals surface area contributed by atoms with Crippen molar-refractivity contribution in [1.29, 1.82) is 0 Å². The molecule has 1 aromatic rings. The minimum atomic E-state index is -2.86. The van der Waals surface area contributed by atoms with Crippen molar-refractivity contribution < 1.29 is 23.0 Å². The Morgan fingerprint density at radius 3 is 2.03 bits per heavy atom. The Morgan fingerprint density at radius 1 is 0.897 bits per heavy atom. The summed E-state index contributed by atoms with van der Waals surface area (Å²) in [5.41, 5.74) is 0. The molecule has 5 heteroatoms. The summed E-state index contributed by atoms with van der Waals surface area (Å²) in [6, 6.07) is 5.75. The molecule has 29 heavy (non-hydrogen) atoms. The minimum Gasteiger partial charge on any atom is -0.435 e. The van der Waals surface area contributed by atoms with Gasteiger partial charge in [0.05, 0.1) is 5.92 Å². The van der Waals surface area contributed by atoms with E-state index in [2.05, 4.69) is 11.7 Å². The van der Waals surface area contributed by atoms with Gasteiger partial charge in [0.1, 0.15) is 11.5 Å². The number of unbranched alkanes of at least 4 members (excludes halogenated alkanes) is 7. The van der Waals surface area contributed by atoms with Crippen LogP contribution < -0.4 is 9.47 Å². The van der Waals surface area contributed by atoms with Gasteiger partial charge in [0.25, 0.3) is 0 Å². The van der Waals surface area contributed by atoms with Crippen LogP contribution in [0, 0.1) is 11.8 Å². The van der Waals surface area contributed by atoms with Crippen LogP contribution in [0.1, 0.15) is 90.4 Å². The van der Waals surface area contributed by atoms with Crippen LogP contribution >= 0.6 is 0 Å². The third-order valence-corrected chi connectivity index (χ3v) is 5.91. The van der Waals surface area contributed by atoms with Gasteiger partial charge in [-0.25, -0.2) is 0 Å². The van der Waals surface area contributed by atoms with Gasteiger partial charge in [-0.05, 0) is 55.9 Å². The fraction of sp³-hybridized carbons (Fsp3) is 0.708. The van der Waals surface area contributed by atoms with E-state index in [1.54, 1.807) is 0 Å². The summed E-state index contributed by atoms with van der Waals surface area (Å²) >= 11 is 0. The first kappa shape index (κ1) is 23.6. The van der Waals surface area contributed by atoms with Crippen LogP contribution in [0.25, 0.3) is 0 Å². The molecule has 164 valence electrons. The first-order valence-electron chi connectivity index (χ1n) is 11.3. The lowest BCUT2D eigenvalue weighted by Crippen LogP contribution is -2.25. The summed E-state index contributed by atoms with van der Waals surface area (Å²) in [7, 11) is 0. The van der Waals surface area contributed by atoms with Gasteiger partial charge in [-0.1, -0.05) is 64.7 Å². The van der Waals surface area contributed by atoms with Crippen molar-refractivity contribution in [3.05, 3.63) is 24.3 Å². The lowest BCUT2D eigenvalue weighted by atomic mass is 9.80. The van der Waals surface area contributed by atoms with Crippen molar-refractivity contribution >= 4 is 5.97 Å². The molecule has 0 aliphatic heterocycles. The van der Waals surface area contributed by atoms with E-state index in [1.807, 2.05) is 0 Å². The van der Waals surface area contributed by atoms with E-state index in [4.69, 9.17) is 4.74 Å². The molecular weight excluding hydrogens is 374 g/mol. The van der Waals surface area contributed by atoms with E-state index in [9.17, 15) is 13.6 Å². The van der Waals surface area contributed by atoms with Crippen molar-refractivity contribution in [2.24, 2.45) is 11.8 Å². The maximum absolute atomic E-state index is 12.4. The summed E-state index contributed by atoms with van der Waals surface area (Å²) in [4.78, 5) is 12.4. The van der Waals surface area contributed by atoms with Gasteiger partial charge in [0, 0.05) is 0 Å². The monoisotopic (exact) mass is 410 g/mol. The van der Waals surface area contributed by atoms with Crippen LogP contribution in [0.3, 0.4) is 0 Å². The lowest BCUT2D eigenvalue weighted by molar-refractivity contribution is -0.140. The predicted octanol–water partition coefficient (Wildman–Crippen LogP) is 7.53. The molecule has 1 aromatic carbocycles. The summed E-state index contributed by atoms with van der Waals surface area (Å²) < 4.78 is 34.1. The van der Waals surface area contributed by atoms with E-state index in [0.717, 1.165) is 31.6 Å². The number of carbonyl (C=O) groups excluding carboxylic acids is 1. The normalized spacial score (nSPS) is 19.3. The quantitative estimate of drug-likeness (QED) is 0.191. The van der Waals surface area contributed by atoms with Gasteiger partial charge in [0.15, 0.2) is 0 Å². The number of hydrogen-bond acceptors (Lipinski definition) is 3. The Balaban J connectivity index is 1.58. The van der Waals surface area contributed by atoms with E-state index in [-0.39, 0.29) is 17.6 Å². The standard InChI is InChI=1S/C24H36F2O3/c1-2-3-4-5-6-7-8-9-10-19-11-13-20(14-12-19)23(27)28-21-15-17-22(18-16-21)29-24(25)26/h15-20,24H,2-14H2,1H3/t19-,20-. The van der Waals surface area contributed by atoms with Crippen LogP contribution in [0.4, 0.5) is 8.78 Å². The maximum atomic E-state index is 12.4. The molecule has 0 radical (unpaired) electrons. The molecule has 0 N–H and O–H groups in total. The Bertz CT molecular complexity index is 566. The van der Waals surface area contributed by atoms with Crippen molar-refractivity contribution in [3.63, 3.8) is 0 Å². The van der Waals surface area contributed by atoms with Crippen molar-refractivity contribution in [2.75, 3.05) is 0 Å². The highest BCUT2D eigenvalue weighted by Crippen LogP contribution is 2.33. The van der Waals surface area contributed by atoms with Gasteiger partial charge in [-0.3, -0.25) is 4.79 Å². The van der Waals surface area contributed by atoms with Gasteiger partial charge >= 0.3 is 12.6 Å². The number of benzene rings is 1. The second-order valence-electron chi connectivity index (χ2n) is 8.25. The molecule has 0 saturated heterocycles. The Hall–Kier alpha value is -1.65. The van der Waals surface area contributed by atoms with Gasteiger partial charge < -0.3 is 9.47 Å². The number of rotatable bonds is 13. The molecule has 0 atom stereocenters. The lowest BCUT2D eigenvalue weighted by Gasteiger charge is -2.27. The van der Waals surface area contributed by atoms with Gasteiger partial charge in [-0.2, -0.15) is 8.78 Å². The van der Waals surface area contributed by atoms with Crippen molar-refractivity contribution in [1.82, 2.24) is 0 Å². The summed E-state index contributed by atoms with van der Waals surface area (Å²) in [5.74, 6) is 0.906. The molecular formula is C24H36F2O3. The highest BCUT2D eigenvalue weighted by molar-refractivity contribution is 5.75. The Kier molecular flexibility index (Phi) is 11.0. The molecule has 0 heterocycles. The van der Waals surface area contributed by atoms with E-state index >= 15 is 0 Å². The second kappa shape index (κ2) is 13.6. The maximum Gasteiger partial charge on any atom is 0.387 e. The summed E-state index contributed by atoms with van der Waals surface area (Å²) in [6.45, 7) is -0.607. The zero-order valence-corrected chi connectivity index (χ0v) is 17.7. The predicted molar refractivity (Wildman–Crippen MR) is 111 cm³/mol. The molecule has 0 amide bonds. The highest BCUT2D eigenvalue weighted by atomic mass is 19.3. The molecule has 3 nitrogen and oxygen atoms in total. The molecule has 1 aliphatic rings. The van der Waals surface area contributed by atoms with Crippen LogP contribution in [-0.2, 0) is 4.79 Å². The number of hydrogen-bond donors (Lipinski definition) is 0. The molecule has 1 saturated carbocycles. The number of carbonyl (C=O) groups is 1. The highest BCUT2D eigenvalue weighted by Gasteiger charge is 2.27. The molecule has 0 aromatic heterocycles.